The number of fused-ring (bicyclic) bond motifs is 4. The van der Waals surface area contributed by atoms with Gasteiger partial charge >= 0.3 is 0 Å². The molecule has 20 heavy (non-hydrogen) atoms. The Morgan fingerprint density at radius 1 is 1.35 bits per heavy atom. The maximum Gasteiger partial charge on any atom is 0.276 e. The van der Waals surface area contributed by atoms with Crippen molar-refractivity contribution in [3.05, 3.63) is 27.7 Å². The molecule has 3 atom stereocenters. The van der Waals surface area contributed by atoms with Crippen LogP contribution in [0, 0.1) is 6.92 Å². The van der Waals surface area contributed by atoms with Crippen LogP contribution in [0.15, 0.2) is 11.0 Å². The molecule has 0 bridgehead atoms. The van der Waals surface area contributed by atoms with E-state index < -0.39 is 11.2 Å². The molecule has 1 N–H and O–H groups in total. The van der Waals surface area contributed by atoms with E-state index in [0.717, 1.165) is 19.3 Å². The number of amides is 1. The van der Waals surface area contributed by atoms with Crippen LogP contribution >= 0.6 is 0 Å². The van der Waals surface area contributed by atoms with Crippen molar-refractivity contribution in [2.45, 2.75) is 51.1 Å². The maximum absolute atomic E-state index is 12.7. The second kappa shape index (κ2) is 3.85. The third-order valence-corrected chi connectivity index (χ3v) is 4.64. The van der Waals surface area contributed by atoms with E-state index in [0.29, 0.717) is 12.1 Å². The highest BCUT2D eigenvalue weighted by atomic mass is 16.5. The SMILES string of the molecule is Cc1cn2c(c(O)c1=O)C(=O)N1[C@H](C2)O[C@H]2CCC[C@H]21. The Morgan fingerprint density at radius 2 is 2.15 bits per heavy atom. The van der Waals surface area contributed by atoms with Crippen LogP contribution in [0.4, 0.5) is 0 Å². The summed E-state index contributed by atoms with van der Waals surface area (Å²) >= 11 is 0. The molecule has 1 aromatic rings. The minimum atomic E-state index is -0.467. The van der Waals surface area contributed by atoms with Gasteiger partial charge in [-0.05, 0) is 26.2 Å². The third-order valence-electron chi connectivity index (χ3n) is 4.64. The minimum absolute atomic E-state index is 0.0945. The van der Waals surface area contributed by atoms with E-state index >= 15 is 0 Å². The van der Waals surface area contributed by atoms with E-state index in [1.54, 1.807) is 22.6 Å². The average Bonchev–Trinajstić information content (AvgIpc) is 2.95. The lowest BCUT2D eigenvalue weighted by atomic mass is 10.1. The highest BCUT2D eigenvalue weighted by Gasteiger charge is 2.50. The lowest BCUT2D eigenvalue weighted by Gasteiger charge is -2.34. The topological polar surface area (TPSA) is 71.8 Å². The molecule has 4 rings (SSSR count). The first-order valence-corrected chi connectivity index (χ1v) is 6.99. The Labute approximate surface area is 115 Å². The van der Waals surface area contributed by atoms with Crippen molar-refractivity contribution in [1.82, 2.24) is 9.47 Å². The van der Waals surface area contributed by atoms with E-state index in [9.17, 15) is 14.7 Å². The van der Waals surface area contributed by atoms with Crippen molar-refractivity contribution in [3.8, 4) is 5.75 Å². The molecule has 1 saturated heterocycles. The van der Waals surface area contributed by atoms with E-state index in [1.165, 1.54) is 0 Å². The maximum atomic E-state index is 12.7. The summed E-state index contributed by atoms with van der Waals surface area (Å²) in [6, 6.07) is 0.0945. The Kier molecular flexibility index (Phi) is 2.30. The summed E-state index contributed by atoms with van der Waals surface area (Å²) in [5.74, 6) is -0.722. The summed E-state index contributed by atoms with van der Waals surface area (Å²) < 4.78 is 7.60. The summed E-state index contributed by atoms with van der Waals surface area (Å²) in [6.07, 6.45) is 4.43. The number of aromatic nitrogens is 1. The number of pyridine rings is 1. The molecular weight excluding hydrogens is 260 g/mol. The zero-order valence-corrected chi connectivity index (χ0v) is 11.2. The summed E-state index contributed by atoms with van der Waals surface area (Å²) in [5.41, 5.74) is 0.0739. The fourth-order valence-corrected chi connectivity index (χ4v) is 3.72. The van der Waals surface area contributed by atoms with Gasteiger partial charge in [-0.3, -0.25) is 9.59 Å². The summed E-state index contributed by atoms with van der Waals surface area (Å²) in [6.45, 7) is 2.11. The Bertz CT molecular complexity index is 666. The molecule has 0 aromatic carbocycles. The summed E-state index contributed by atoms with van der Waals surface area (Å²) in [4.78, 5) is 26.2. The first kappa shape index (κ1) is 12.0. The highest BCUT2D eigenvalue weighted by Crippen LogP contribution is 2.39. The van der Waals surface area contributed by atoms with E-state index in [4.69, 9.17) is 4.74 Å². The molecule has 1 aromatic heterocycles. The van der Waals surface area contributed by atoms with Crippen LogP contribution in [0.25, 0.3) is 0 Å². The third kappa shape index (κ3) is 1.37. The lowest BCUT2D eigenvalue weighted by molar-refractivity contribution is -0.0178. The van der Waals surface area contributed by atoms with Crippen LogP contribution in [-0.2, 0) is 11.3 Å². The molecule has 0 unspecified atom stereocenters. The monoisotopic (exact) mass is 276 g/mol. The first-order chi connectivity index (χ1) is 9.58. The molecule has 1 saturated carbocycles. The molecule has 1 aliphatic carbocycles. The number of aromatic hydroxyl groups is 1. The molecule has 1 amide bonds. The van der Waals surface area contributed by atoms with Crippen molar-refractivity contribution in [2.24, 2.45) is 0 Å². The standard InChI is InChI=1S/C14H16N2O4/c1-7-5-15-6-10-16(8-3-2-4-9(8)20-10)14(19)11(15)13(18)12(7)17/h5,8-10,18H,2-4,6H2,1H3/t8-,9+,10+/m1/s1. The first-order valence-electron chi connectivity index (χ1n) is 6.99. The van der Waals surface area contributed by atoms with Crippen molar-refractivity contribution in [1.29, 1.82) is 0 Å². The number of hydrogen-bond acceptors (Lipinski definition) is 4. The fourth-order valence-electron chi connectivity index (χ4n) is 3.72. The quantitative estimate of drug-likeness (QED) is 0.753. The molecule has 2 aliphatic heterocycles. The van der Waals surface area contributed by atoms with Gasteiger partial charge in [-0.15, -0.1) is 0 Å². The summed E-state index contributed by atoms with van der Waals surface area (Å²) in [7, 11) is 0. The van der Waals surface area contributed by atoms with Crippen LogP contribution in [0.1, 0.15) is 35.3 Å². The van der Waals surface area contributed by atoms with Crippen molar-refractivity contribution >= 4 is 5.91 Å². The molecule has 2 fully saturated rings. The summed E-state index contributed by atoms with van der Waals surface area (Å²) in [5, 5.41) is 10.0. The predicted molar refractivity (Wildman–Crippen MR) is 69.6 cm³/mol. The number of carbonyl (C=O) groups excluding carboxylic acids is 1. The number of hydrogen-bond donors (Lipinski definition) is 1. The van der Waals surface area contributed by atoms with Gasteiger partial charge in [0.2, 0.25) is 5.43 Å². The number of carbonyl (C=O) groups is 1. The minimum Gasteiger partial charge on any atom is -0.503 e. The van der Waals surface area contributed by atoms with Crippen molar-refractivity contribution < 1.29 is 14.6 Å². The van der Waals surface area contributed by atoms with E-state index in [1.807, 2.05) is 0 Å². The second-order valence-electron chi connectivity index (χ2n) is 5.83. The Balaban J connectivity index is 1.85. The smallest absolute Gasteiger partial charge is 0.276 e. The van der Waals surface area contributed by atoms with Gasteiger partial charge in [0, 0.05) is 11.8 Å². The van der Waals surface area contributed by atoms with Gasteiger partial charge in [-0.2, -0.15) is 0 Å². The van der Waals surface area contributed by atoms with Crippen LogP contribution in [0.5, 0.6) is 5.75 Å². The molecule has 0 spiro atoms. The zero-order valence-electron chi connectivity index (χ0n) is 11.2. The van der Waals surface area contributed by atoms with Gasteiger partial charge in [0.1, 0.15) is 0 Å². The van der Waals surface area contributed by atoms with Crippen molar-refractivity contribution in [3.63, 3.8) is 0 Å². The van der Waals surface area contributed by atoms with Crippen LogP contribution in [0.3, 0.4) is 0 Å². The highest BCUT2D eigenvalue weighted by molar-refractivity contribution is 5.96. The zero-order chi connectivity index (χ0) is 14.0. The fraction of sp³-hybridized carbons (Fsp3) is 0.571. The van der Waals surface area contributed by atoms with Crippen LogP contribution in [0.2, 0.25) is 0 Å². The van der Waals surface area contributed by atoms with Gasteiger partial charge in [-0.1, -0.05) is 0 Å². The van der Waals surface area contributed by atoms with E-state index in [-0.39, 0.29) is 30.0 Å². The van der Waals surface area contributed by atoms with Crippen molar-refractivity contribution in [2.75, 3.05) is 0 Å². The second-order valence-corrected chi connectivity index (χ2v) is 5.83. The Morgan fingerprint density at radius 3 is 2.95 bits per heavy atom. The number of ether oxygens (including phenoxy) is 1. The molecule has 6 nitrogen and oxygen atoms in total. The lowest BCUT2D eigenvalue weighted by Crippen LogP contribution is -2.49. The molecular formula is C14H16N2O4. The number of nitrogens with zero attached hydrogens (tertiary/aromatic N) is 2. The largest absolute Gasteiger partial charge is 0.503 e. The van der Waals surface area contributed by atoms with Gasteiger partial charge in [0.05, 0.1) is 18.7 Å². The van der Waals surface area contributed by atoms with Crippen LogP contribution in [-0.4, -0.2) is 38.9 Å². The normalized spacial score (nSPS) is 31.1. The number of rotatable bonds is 0. The van der Waals surface area contributed by atoms with Gasteiger partial charge < -0.3 is 19.3 Å². The predicted octanol–water partition coefficient (Wildman–Crippen LogP) is 0.596. The molecule has 6 heteroatoms. The van der Waals surface area contributed by atoms with Gasteiger partial charge in [0.15, 0.2) is 17.7 Å². The molecule has 3 heterocycles. The van der Waals surface area contributed by atoms with E-state index in [2.05, 4.69) is 0 Å². The van der Waals surface area contributed by atoms with Gasteiger partial charge in [-0.25, -0.2) is 0 Å². The Hall–Kier alpha value is -1.82. The molecule has 0 radical (unpaired) electrons. The number of aryl methyl sites for hydroxylation is 1. The van der Waals surface area contributed by atoms with Crippen LogP contribution < -0.4 is 5.43 Å². The average molecular weight is 276 g/mol. The molecule has 3 aliphatic rings. The molecule has 106 valence electrons. The van der Waals surface area contributed by atoms with Gasteiger partial charge in [0.25, 0.3) is 5.91 Å².